The molecule has 0 bridgehead atoms. The molecule has 5 rings (SSSR count). The smallest absolute Gasteiger partial charge is 0.277 e. The second-order valence-corrected chi connectivity index (χ2v) is 7.98. The summed E-state index contributed by atoms with van der Waals surface area (Å²) in [6.07, 6.45) is 2.39. The number of anilines is 4. The van der Waals surface area contributed by atoms with E-state index in [-0.39, 0.29) is 11.6 Å². The predicted octanol–water partition coefficient (Wildman–Crippen LogP) is 5.04. The molecular weight excluding hydrogens is 416 g/mol. The maximum atomic E-state index is 12.6. The van der Waals surface area contributed by atoms with Gasteiger partial charge in [-0.2, -0.15) is 4.98 Å². The molecule has 4 aromatic rings. The minimum Gasteiger partial charge on any atom is -0.356 e. The van der Waals surface area contributed by atoms with Crippen LogP contribution in [0.3, 0.4) is 0 Å². The summed E-state index contributed by atoms with van der Waals surface area (Å²) in [5.41, 5.74) is 3.49. The van der Waals surface area contributed by atoms with Gasteiger partial charge in [-0.25, -0.2) is 4.98 Å². The first-order valence-corrected chi connectivity index (χ1v) is 11.0. The van der Waals surface area contributed by atoms with Crippen LogP contribution in [-0.2, 0) is 0 Å². The Morgan fingerprint density at radius 2 is 1.67 bits per heavy atom. The van der Waals surface area contributed by atoms with Gasteiger partial charge in [-0.15, -0.1) is 0 Å². The van der Waals surface area contributed by atoms with Crippen LogP contribution in [0.5, 0.6) is 0 Å². The minimum atomic E-state index is -0.334. The zero-order valence-corrected chi connectivity index (χ0v) is 18.3. The second kappa shape index (κ2) is 9.12. The van der Waals surface area contributed by atoms with Crippen LogP contribution in [0.25, 0.3) is 11.3 Å². The van der Waals surface area contributed by atoms with Gasteiger partial charge in [0.1, 0.15) is 5.82 Å². The van der Waals surface area contributed by atoms with Gasteiger partial charge >= 0.3 is 0 Å². The van der Waals surface area contributed by atoms with Crippen molar-refractivity contribution in [1.82, 2.24) is 15.1 Å². The van der Waals surface area contributed by atoms with Gasteiger partial charge in [0.2, 0.25) is 5.95 Å². The molecule has 1 saturated heterocycles. The predicted molar refractivity (Wildman–Crippen MR) is 128 cm³/mol. The van der Waals surface area contributed by atoms with Crippen LogP contribution in [0.2, 0.25) is 0 Å². The third kappa shape index (κ3) is 4.85. The lowest BCUT2D eigenvalue weighted by atomic mass is 10.1. The lowest BCUT2D eigenvalue weighted by Crippen LogP contribution is -2.19. The van der Waals surface area contributed by atoms with Crippen LogP contribution >= 0.6 is 0 Å². The van der Waals surface area contributed by atoms with Crippen LogP contribution < -0.4 is 15.5 Å². The van der Waals surface area contributed by atoms with Crippen LogP contribution in [-0.4, -0.2) is 34.1 Å². The van der Waals surface area contributed by atoms with Gasteiger partial charge in [-0.1, -0.05) is 35.5 Å². The van der Waals surface area contributed by atoms with Crippen molar-refractivity contribution < 1.29 is 9.32 Å². The number of hydrogen-bond acceptors (Lipinski definition) is 7. The molecule has 3 heterocycles. The van der Waals surface area contributed by atoms with Crippen molar-refractivity contribution in [3.05, 3.63) is 78.1 Å². The highest BCUT2D eigenvalue weighted by molar-refractivity contribution is 6.03. The Balaban J connectivity index is 1.24. The highest BCUT2D eigenvalue weighted by Crippen LogP contribution is 2.23. The van der Waals surface area contributed by atoms with E-state index in [0.29, 0.717) is 17.4 Å². The zero-order valence-electron chi connectivity index (χ0n) is 18.3. The number of nitrogens with one attached hydrogen (secondary N) is 2. The SMILES string of the molecule is Cc1cc(N2CCCC2)nc(Nc2ccc(NC(=O)c3cc(-c4ccccc4)on3)cc2)n1. The second-order valence-electron chi connectivity index (χ2n) is 7.98. The van der Waals surface area contributed by atoms with Gasteiger partial charge < -0.3 is 20.1 Å². The number of benzene rings is 2. The molecule has 0 saturated carbocycles. The molecule has 2 aromatic heterocycles. The summed E-state index contributed by atoms with van der Waals surface area (Å²) in [6.45, 7) is 4.03. The first-order valence-electron chi connectivity index (χ1n) is 11.0. The minimum absolute atomic E-state index is 0.221. The summed E-state index contributed by atoms with van der Waals surface area (Å²) in [5.74, 6) is 1.73. The number of nitrogens with zero attached hydrogens (tertiary/aromatic N) is 4. The van der Waals surface area contributed by atoms with Crippen molar-refractivity contribution >= 4 is 29.0 Å². The molecule has 0 atom stereocenters. The normalized spacial score (nSPS) is 13.2. The summed E-state index contributed by atoms with van der Waals surface area (Å²) in [5, 5.41) is 9.99. The monoisotopic (exact) mass is 440 g/mol. The van der Waals surface area contributed by atoms with Crippen molar-refractivity contribution in [3.8, 4) is 11.3 Å². The molecule has 0 aliphatic carbocycles. The Labute approximate surface area is 191 Å². The Morgan fingerprint density at radius 3 is 2.42 bits per heavy atom. The van der Waals surface area contributed by atoms with Gasteiger partial charge in [0, 0.05) is 47.9 Å². The molecule has 2 N–H and O–H groups in total. The number of hydrogen-bond donors (Lipinski definition) is 2. The fourth-order valence-electron chi connectivity index (χ4n) is 3.80. The van der Waals surface area contributed by atoms with E-state index in [4.69, 9.17) is 4.52 Å². The number of amides is 1. The Hall–Kier alpha value is -4.20. The van der Waals surface area contributed by atoms with Crippen LogP contribution in [0.15, 0.2) is 71.3 Å². The van der Waals surface area contributed by atoms with E-state index in [1.54, 1.807) is 6.07 Å². The molecule has 8 heteroatoms. The number of carbonyl (C=O) groups is 1. The van der Waals surface area contributed by atoms with E-state index < -0.39 is 0 Å². The fourth-order valence-corrected chi connectivity index (χ4v) is 3.80. The summed E-state index contributed by atoms with van der Waals surface area (Å²) in [7, 11) is 0. The van der Waals surface area contributed by atoms with Crippen molar-refractivity contribution in [1.29, 1.82) is 0 Å². The number of carbonyl (C=O) groups excluding carboxylic acids is 1. The molecule has 1 fully saturated rings. The molecule has 1 aliphatic heterocycles. The molecular formula is C25H24N6O2. The van der Waals surface area contributed by atoms with Crippen molar-refractivity contribution in [3.63, 3.8) is 0 Å². The van der Waals surface area contributed by atoms with E-state index in [0.717, 1.165) is 35.9 Å². The Bertz CT molecular complexity index is 1250. The van der Waals surface area contributed by atoms with E-state index >= 15 is 0 Å². The van der Waals surface area contributed by atoms with Crippen LogP contribution in [0.1, 0.15) is 29.0 Å². The van der Waals surface area contributed by atoms with E-state index in [9.17, 15) is 4.79 Å². The Kier molecular flexibility index (Phi) is 5.72. The summed E-state index contributed by atoms with van der Waals surface area (Å²) < 4.78 is 5.31. The quantitative estimate of drug-likeness (QED) is 0.434. The molecule has 0 unspecified atom stereocenters. The average molecular weight is 441 g/mol. The maximum Gasteiger partial charge on any atom is 0.277 e. The summed E-state index contributed by atoms with van der Waals surface area (Å²) in [4.78, 5) is 24.0. The van der Waals surface area contributed by atoms with Gasteiger partial charge in [-0.3, -0.25) is 4.79 Å². The average Bonchev–Trinajstić information content (AvgIpc) is 3.53. The molecule has 33 heavy (non-hydrogen) atoms. The third-order valence-corrected chi connectivity index (χ3v) is 5.47. The lowest BCUT2D eigenvalue weighted by molar-refractivity contribution is 0.101. The van der Waals surface area contributed by atoms with E-state index in [2.05, 4.69) is 30.7 Å². The van der Waals surface area contributed by atoms with Crippen LogP contribution in [0, 0.1) is 6.92 Å². The highest BCUT2D eigenvalue weighted by Gasteiger charge is 2.16. The molecule has 2 aromatic carbocycles. The molecule has 166 valence electrons. The molecule has 1 amide bonds. The lowest BCUT2D eigenvalue weighted by Gasteiger charge is -2.17. The highest BCUT2D eigenvalue weighted by atomic mass is 16.5. The first-order chi connectivity index (χ1) is 16.1. The zero-order chi connectivity index (χ0) is 22.6. The van der Waals surface area contributed by atoms with Gasteiger partial charge in [-0.05, 0) is 44.0 Å². The van der Waals surface area contributed by atoms with Crippen molar-refractivity contribution in [2.45, 2.75) is 19.8 Å². The summed E-state index contributed by atoms with van der Waals surface area (Å²) >= 11 is 0. The van der Waals surface area contributed by atoms with Gasteiger partial charge in [0.05, 0.1) is 0 Å². The number of aryl methyl sites for hydroxylation is 1. The molecule has 0 radical (unpaired) electrons. The van der Waals surface area contributed by atoms with Crippen molar-refractivity contribution in [2.24, 2.45) is 0 Å². The van der Waals surface area contributed by atoms with Gasteiger partial charge in [0.25, 0.3) is 5.91 Å². The largest absolute Gasteiger partial charge is 0.356 e. The fraction of sp³-hybridized carbons (Fsp3) is 0.200. The topological polar surface area (TPSA) is 96.2 Å². The maximum absolute atomic E-state index is 12.6. The number of aromatic nitrogens is 3. The molecule has 8 nitrogen and oxygen atoms in total. The van der Waals surface area contributed by atoms with Crippen molar-refractivity contribution in [2.75, 3.05) is 28.6 Å². The molecule has 0 spiro atoms. The first kappa shape index (κ1) is 20.7. The van der Waals surface area contributed by atoms with E-state index in [1.165, 1.54) is 12.8 Å². The standard InChI is InChI=1S/C25H24N6O2/c1-17-15-23(31-13-5-6-14-31)29-25(26-17)28-20-11-9-19(10-12-20)27-24(32)21-16-22(33-30-21)18-7-3-2-4-8-18/h2-4,7-12,15-16H,5-6,13-14H2,1H3,(H,27,32)(H,26,28,29). The summed E-state index contributed by atoms with van der Waals surface area (Å²) in [6, 6.07) is 20.6. The third-order valence-electron chi connectivity index (χ3n) is 5.47. The van der Waals surface area contributed by atoms with Crippen LogP contribution in [0.4, 0.5) is 23.1 Å². The Morgan fingerprint density at radius 1 is 0.939 bits per heavy atom. The van der Waals surface area contributed by atoms with Gasteiger partial charge in [0.15, 0.2) is 11.5 Å². The molecule has 1 aliphatic rings. The number of rotatable bonds is 6. The van der Waals surface area contributed by atoms with E-state index in [1.807, 2.05) is 67.6 Å².